The summed E-state index contributed by atoms with van der Waals surface area (Å²) in [6.07, 6.45) is 0. The molecule has 0 radical (unpaired) electrons. The number of imide groups is 1. The normalized spacial score (nSPS) is 22.9. The van der Waals surface area contributed by atoms with Crippen molar-refractivity contribution in [2.75, 3.05) is 28.7 Å². The Balaban J connectivity index is 2.00. The number of benzene rings is 1. The number of nitrogen functional groups attached to an aromatic ring is 1. The topological polar surface area (TPSA) is 66.6 Å². The predicted octanol–water partition coefficient (Wildman–Crippen LogP) is 1.81. The molecule has 1 aromatic carbocycles. The van der Waals surface area contributed by atoms with Crippen molar-refractivity contribution in [3.8, 4) is 0 Å². The molecule has 0 aliphatic carbocycles. The number of amides is 3. The van der Waals surface area contributed by atoms with Crippen LogP contribution in [0.4, 0.5) is 16.2 Å². The Hall–Kier alpha value is -1.40. The van der Waals surface area contributed by atoms with E-state index in [4.69, 9.17) is 17.3 Å². The summed E-state index contributed by atoms with van der Waals surface area (Å²) in [5.41, 5.74) is 6.53. The monoisotopic (exact) mass is 297 g/mol. The number of nitrogens with zero attached hydrogens (tertiary/aromatic N) is 2. The van der Waals surface area contributed by atoms with Gasteiger partial charge in [0.2, 0.25) is 0 Å². The Bertz CT molecular complexity index is 542. The molecule has 3 amide bonds. The molecule has 1 unspecified atom stereocenters. The van der Waals surface area contributed by atoms with Crippen molar-refractivity contribution in [2.24, 2.45) is 0 Å². The average molecular weight is 298 g/mol. The number of anilines is 2. The number of fused-ring (bicyclic) bond motifs is 1. The zero-order valence-corrected chi connectivity index (χ0v) is 11.6. The van der Waals surface area contributed by atoms with Crippen LogP contribution in [0.5, 0.6) is 0 Å². The molecule has 100 valence electrons. The van der Waals surface area contributed by atoms with Gasteiger partial charge in [0.1, 0.15) is 6.04 Å². The Morgan fingerprint density at radius 3 is 2.84 bits per heavy atom. The predicted molar refractivity (Wildman–Crippen MR) is 76.6 cm³/mol. The fourth-order valence-corrected chi connectivity index (χ4v) is 3.65. The summed E-state index contributed by atoms with van der Waals surface area (Å²) in [5.74, 6) is 1.30. The summed E-state index contributed by atoms with van der Waals surface area (Å²) < 4.78 is 0. The molecule has 7 heteroatoms. The summed E-state index contributed by atoms with van der Waals surface area (Å²) in [6, 6.07) is 4.14. The molecule has 2 aliphatic heterocycles. The molecule has 2 fully saturated rings. The van der Waals surface area contributed by atoms with Gasteiger partial charge in [-0.3, -0.25) is 4.79 Å². The van der Waals surface area contributed by atoms with Crippen LogP contribution in [-0.4, -0.2) is 40.9 Å². The van der Waals surface area contributed by atoms with Crippen LogP contribution in [0, 0.1) is 0 Å². The molecule has 2 heterocycles. The third-order valence-electron chi connectivity index (χ3n) is 3.28. The lowest BCUT2D eigenvalue weighted by molar-refractivity contribution is -0.119. The second-order valence-corrected chi connectivity index (χ2v) is 6.01. The van der Waals surface area contributed by atoms with Crippen LogP contribution < -0.4 is 10.6 Å². The lowest BCUT2D eigenvalue weighted by atomic mass is 10.2. The molecule has 2 saturated heterocycles. The number of carbonyl (C=O) groups is 2. The molecule has 1 atom stereocenters. The number of carbonyl (C=O) groups excluding carboxylic acids is 2. The summed E-state index contributed by atoms with van der Waals surface area (Å²) in [5, 5.41) is 0.314. The van der Waals surface area contributed by atoms with Gasteiger partial charge in [0.05, 0.1) is 10.7 Å². The van der Waals surface area contributed by atoms with Crippen LogP contribution in [0.25, 0.3) is 0 Å². The highest BCUT2D eigenvalue weighted by Crippen LogP contribution is 2.34. The largest absolute Gasteiger partial charge is 0.399 e. The minimum Gasteiger partial charge on any atom is -0.399 e. The van der Waals surface area contributed by atoms with Gasteiger partial charge in [-0.1, -0.05) is 11.6 Å². The van der Waals surface area contributed by atoms with Gasteiger partial charge in [0.25, 0.3) is 5.91 Å². The molecule has 3 rings (SSSR count). The molecule has 0 bridgehead atoms. The van der Waals surface area contributed by atoms with E-state index in [1.807, 2.05) is 0 Å². The zero-order valence-electron chi connectivity index (χ0n) is 10.0. The van der Waals surface area contributed by atoms with Crippen molar-refractivity contribution in [3.63, 3.8) is 0 Å². The molecule has 1 aromatic rings. The van der Waals surface area contributed by atoms with E-state index in [0.29, 0.717) is 28.7 Å². The van der Waals surface area contributed by atoms with E-state index in [9.17, 15) is 9.59 Å². The SMILES string of the molecule is Nc1ccc(N2C(=O)C3CSCCN3C2=O)c(Cl)c1. The van der Waals surface area contributed by atoms with E-state index in [-0.39, 0.29) is 18.0 Å². The van der Waals surface area contributed by atoms with E-state index >= 15 is 0 Å². The Kier molecular flexibility index (Phi) is 3.06. The van der Waals surface area contributed by atoms with Crippen LogP contribution in [0.3, 0.4) is 0 Å². The van der Waals surface area contributed by atoms with Crippen LogP contribution in [0.2, 0.25) is 5.02 Å². The number of urea groups is 1. The van der Waals surface area contributed by atoms with Gasteiger partial charge in [-0.2, -0.15) is 11.8 Å². The first-order valence-electron chi connectivity index (χ1n) is 5.87. The van der Waals surface area contributed by atoms with Crippen molar-refractivity contribution in [1.82, 2.24) is 4.90 Å². The molecular formula is C12H12ClN3O2S. The molecule has 0 spiro atoms. The lowest BCUT2D eigenvalue weighted by Crippen LogP contribution is -2.41. The molecule has 5 nitrogen and oxygen atoms in total. The minimum atomic E-state index is -0.361. The highest BCUT2D eigenvalue weighted by Gasteiger charge is 2.47. The van der Waals surface area contributed by atoms with E-state index in [1.165, 1.54) is 0 Å². The average Bonchev–Trinajstić information content (AvgIpc) is 2.64. The molecule has 2 aliphatic rings. The quantitative estimate of drug-likeness (QED) is 0.634. The fourth-order valence-electron chi connectivity index (χ4n) is 2.34. The smallest absolute Gasteiger partial charge is 0.332 e. The van der Waals surface area contributed by atoms with Crippen molar-refractivity contribution in [2.45, 2.75) is 6.04 Å². The van der Waals surface area contributed by atoms with Crippen LogP contribution >= 0.6 is 23.4 Å². The van der Waals surface area contributed by atoms with Crippen LogP contribution in [0.15, 0.2) is 18.2 Å². The van der Waals surface area contributed by atoms with Gasteiger partial charge < -0.3 is 10.6 Å². The second kappa shape index (κ2) is 4.61. The zero-order chi connectivity index (χ0) is 13.6. The number of halogens is 1. The van der Waals surface area contributed by atoms with E-state index in [1.54, 1.807) is 34.9 Å². The third-order valence-corrected chi connectivity index (χ3v) is 4.61. The minimum absolute atomic E-state index is 0.205. The van der Waals surface area contributed by atoms with E-state index < -0.39 is 0 Å². The standard InChI is InChI=1S/C12H12ClN3O2S/c13-8-5-7(14)1-2-9(8)16-11(17)10-6-19-4-3-15(10)12(16)18/h1-2,5,10H,3-4,6,14H2. The summed E-state index contributed by atoms with van der Waals surface area (Å²) >= 11 is 7.77. The van der Waals surface area contributed by atoms with Gasteiger partial charge in [-0.15, -0.1) is 0 Å². The van der Waals surface area contributed by atoms with E-state index in [0.717, 1.165) is 10.7 Å². The maximum atomic E-state index is 12.3. The maximum absolute atomic E-state index is 12.3. The van der Waals surface area contributed by atoms with Crippen LogP contribution in [-0.2, 0) is 4.79 Å². The Morgan fingerprint density at radius 1 is 1.37 bits per heavy atom. The first kappa shape index (κ1) is 12.6. The first-order chi connectivity index (χ1) is 9.09. The highest BCUT2D eigenvalue weighted by molar-refractivity contribution is 7.99. The Labute approximate surface area is 119 Å². The lowest BCUT2D eigenvalue weighted by Gasteiger charge is -2.25. The molecule has 0 aromatic heterocycles. The highest BCUT2D eigenvalue weighted by atomic mass is 35.5. The molecule has 2 N–H and O–H groups in total. The fraction of sp³-hybridized carbons (Fsp3) is 0.333. The van der Waals surface area contributed by atoms with Crippen molar-refractivity contribution in [3.05, 3.63) is 23.2 Å². The Morgan fingerprint density at radius 2 is 2.16 bits per heavy atom. The van der Waals surface area contributed by atoms with Gasteiger partial charge in [-0.25, -0.2) is 9.69 Å². The maximum Gasteiger partial charge on any atom is 0.332 e. The third kappa shape index (κ3) is 1.95. The van der Waals surface area contributed by atoms with Crippen molar-refractivity contribution >= 4 is 46.7 Å². The van der Waals surface area contributed by atoms with Gasteiger partial charge in [0, 0.05) is 23.7 Å². The number of hydrogen-bond acceptors (Lipinski definition) is 4. The van der Waals surface area contributed by atoms with Gasteiger partial charge in [0.15, 0.2) is 0 Å². The molecule has 0 saturated carbocycles. The first-order valence-corrected chi connectivity index (χ1v) is 7.40. The number of nitrogens with two attached hydrogens (primary N) is 1. The summed E-state index contributed by atoms with van der Waals surface area (Å²) in [4.78, 5) is 27.4. The van der Waals surface area contributed by atoms with Crippen molar-refractivity contribution < 1.29 is 9.59 Å². The number of hydrogen-bond donors (Lipinski definition) is 1. The molecular weight excluding hydrogens is 286 g/mol. The number of rotatable bonds is 1. The summed E-state index contributed by atoms with van der Waals surface area (Å²) in [7, 11) is 0. The van der Waals surface area contributed by atoms with Gasteiger partial charge in [-0.05, 0) is 18.2 Å². The molecule has 19 heavy (non-hydrogen) atoms. The summed E-state index contributed by atoms with van der Waals surface area (Å²) in [6.45, 7) is 0.600. The van der Waals surface area contributed by atoms with Crippen LogP contribution in [0.1, 0.15) is 0 Å². The van der Waals surface area contributed by atoms with Crippen molar-refractivity contribution in [1.29, 1.82) is 0 Å². The second-order valence-electron chi connectivity index (χ2n) is 4.45. The number of thioether (sulfide) groups is 1. The van der Waals surface area contributed by atoms with Gasteiger partial charge >= 0.3 is 6.03 Å². The van der Waals surface area contributed by atoms with E-state index in [2.05, 4.69) is 0 Å².